The van der Waals surface area contributed by atoms with Crippen molar-refractivity contribution >= 4 is 15.9 Å². The predicted molar refractivity (Wildman–Crippen MR) is 51.1 cm³/mol. The molecule has 1 N–H and O–H groups in total. The van der Waals surface area contributed by atoms with Gasteiger partial charge in [0.25, 0.3) is 0 Å². The monoisotopic (exact) mass is 230 g/mol. The van der Waals surface area contributed by atoms with Crippen LogP contribution >= 0.6 is 15.9 Å². The van der Waals surface area contributed by atoms with Gasteiger partial charge in [-0.25, -0.2) is 0 Å². The van der Waals surface area contributed by atoms with Crippen LogP contribution in [0.1, 0.15) is 24.0 Å². The largest absolute Gasteiger partial charge is 0.464 e. The SMILES string of the molecule is C=C(Br)CC(O)c1ccc(C)o1. The van der Waals surface area contributed by atoms with E-state index in [9.17, 15) is 5.11 Å². The summed E-state index contributed by atoms with van der Waals surface area (Å²) in [5.41, 5.74) is 0. The van der Waals surface area contributed by atoms with Crippen molar-refractivity contribution in [1.82, 2.24) is 0 Å². The van der Waals surface area contributed by atoms with Crippen LogP contribution in [0.3, 0.4) is 0 Å². The van der Waals surface area contributed by atoms with Gasteiger partial charge < -0.3 is 9.52 Å². The van der Waals surface area contributed by atoms with E-state index < -0.39 is 6.10 Å². The van der Waals surface area contributed by atoms with Gasteiger partial charge in [-0.2, -0.15) is 0 Å². The van der Waals surface area contributed by atoms with Crippen molar-refractivity contribution < 1.29 is 9.52 Å². The summed E-state index contributed by atoms with van der Waals surface area (Å²) in [6.45, 7) is 5.49. The lowest BCUT2D eigenvalue weighted by atomic mass is 10.2. The number of aryl methyl sites for hydroxylation is 1. The molecule has 0 radical (unpaired) electrons. The lowest BCUT2D eigenvalue weighted by Crippen LogP contribution is -1.94. The molecule has 0 aliphatic heterocycles. The average molecular weight is 231 g/mol. The molecule has 0 saturated heterocycles. The maximum Gasteiger partial charge on any atom is 0.133 e. The van der Waals surface area contributed by atoms with Crippen LogP contribution in [-0.2, 0) is 0 Å². The number of aliphatic hydroxyl groups excluding tert-OH is 1. The quantitative estimate of drug-likeness (QED) is 0.867. The molecule has 3 heteroatoms. The molecule has 1 heterocycles. The van der Waals surface area contributed by atoms with E-state index in [-0.39, 0.29) is 0 Å². The zero-order valence-corrected chi connectivity index (χ0v) is 8.47. The summed E-state index contributed by atoms with van der Waals surface area (Å²) in [6.07, 6.45) is -0.113. The van der Waals surface area contributed by atoms with Gasteiger partial charge in [0, 0.05) is 6.42 Å². The second kappa shape index (κ2) is 3.92. The van der Waals surface area contributed by atoms with Crippen molar-refractivity contribution in [3.63, 3.8) is 0 Å². The lowest BCUT2D eigenvalue weighted by Gasteiger charge is -2.05. The van der Waals surface area contributed by atoms with E-state index in [1.807, 2.05) is 13.0 Å². The van der Waals surface area contributed by atoms with Crippen molar-refractivity contribution in [2.24, 2.45) is 0 Å². The Morgan fingerprint density at radius 1 is 1.75 bits per heavy atom. The van der Waals surface area contributed by atoms with Gasteiger partial charge in [-0.05, 0) is 23.5 Å². The van der Waals surface area contributed by atoms with E-state index in [2.05, 4.69) is 22.5 Å². The van der Waals surface area contributed by atoms with Crippen LogP contribution in [0, 0.1) is 6.92 Å². The number of halogens is 1. The molecule has 0 aliphatic carbocycles. The fraction of sp³-hybridized carbons (Fsp3) is 0.333. The van der Waals surface area contributed by atoms with E-state index in [0.717, 1.165) is 10.2 Å². The minimum atomic E-state index is -0.592. The first-order valence-corrected chi connectivity index (χ1v) is 4.46. The van der Waals surface area contributed by atoms with Gasteiger partial charge in [-0.1, -0.05) is 22.5 Å². The summed E-state index contributed by atoms with van der Waals surface area (Å²) in [6, 6.07) is 3.60. The first-order valence-electron chi connectivity index (χ1n) is 3.67. The van der Waals surface area contributed by atoms with Crippen molar-refractivity contribution in [3.8, 4) is 0 Å². The molecule has 0 aliphatic rings. The third kappa shape index (κ3) is 2.50. The first kappa shape index (κ1) is 9.55. The fourth-order valence-electron chi connectivity index (χ4n) is 0.943. The molecular weight excluding hydrogens is 220 g/mol. The Labute approximate surface area is 80.0 Å². The highest BCUT2D eigenvalue weighted by atomic mass is 79.9. The van der Waals surface area contributed by atoms with Gasteiger partial charge >= 0.3 is 0 Å². The predicted octanol–water partition coefficient (Wildman–Crippen LogP) is 2.92. The van der Waals surface area contributed by atoms with Crippen molar-refractivity contribution in [2.75, 3.05) is 0 Å². The topological polar surface area (TPSA) is 33.4 Å². The summed E-state index contributed by atoms with van der Waals surface area (Å²) < 4.78 is 6.00. The Bertz CT molecular complexity index is 278. The maximum atomic E-state index is 9.52. The molecule has 0 saturated carbocycles. The smallest absolute Gasteiger partial charge is 0.133 e. The molecule has 0 bridgehead atoms. The third-order valence-electron chi connectivity index (χ3n) is 1.50. The van der Waals surface area contributed by atoms with Crippen molar-refractivity contribution in [1.29, 1.82) is 0 Å². The highest BCUT2D eigenvalue weighted by Crippen LogP contribution is 2.24. The maximum absolute atomic E-state index is 9.52. The summed E-state index contributed by atoms with van der Waals surface area (Å²) in [4.78, 5) is 0. The molecule has 0 aromatic carbocycles. The van der Waals surface area contributed by atoms with Crippen LogP contribution in [0.4, 0.5) is 0 Å². The number of aliphatic hydroxyl groups is 1. The van der Waals surface area contributed by atoms with Crippen LogP contribution in [0.15, 0.2) is 27.6 Å². The van der Waals surface area contributed by atoms with Gasteiger partial charge in [0.05, 0.1) is 0 Å². The molecule has 0 amide bonds. The van der Waals surface area contributed by atoms with E-state index in [1.54, 1.807) is 6.07 Å². The Balaban J connectivity index is 2.64. The molecule has 0 spiro atoms. The number of hydrogen-bond acceptors (Lipinski definition) is 2. The second-order valence-electron chi connectivity index (χ2n) is 2.69. The first-order chi connectivity index (χ1) is 5.59. The van der Waals surface area contributed by atoms with E-state index in [1.165, 1.54) is 0 Å². The minimum absolute atomic E-state index is 0.479. The van der Waals surface area contributed by atoms with Gasteiger partial charge in [-0.15, -0.1) is 0 Å². The Morgan fingerprint density at radius 3 is 2.83 bits per heavy atom. The number of hydrogen-bond donors (Lipinski definition) is 1. The van der Waals surface area contributed by atoms with E-state index in [0.29, 0.717) is 12.2 Å². The highest BCUT2D eigenvalue weighted by Gasteiger charge is 2.11. The highest BCUT2D eigenvalue weighted by molar-refractivity contribution is 9.11. The molecule has 1 aromatic rings. The van der Waals surface area contributed by atoms with Crippen LogP contribution in [0.2, 0.25) is 0 Å². The fourth-order valence-corrected chi connectivity index (χ4v) is 1.25. The van der Waals surface area contributed by atoms with Crippen LogP contribution < -0.4 is 0 Å². The van der Waals surface area contributed by atoms with E-state index >= 15 is 0 Å². The average Bonchev–Trinajstić information content (AvgIpc) is 2.34. The van der Waals surface area contributed by atoms with Gasteiger partial charge in [-0.3, -0.25) is 0 Å². The van der Waals surface area contributed by atoms with Crippen LogP contribution in [0.5, 0.6) is 0 Å². The van der Waals surface area contributed by atoms with Crippen LogP contribution in [-0.4, -0.2) is 5.11 Å². The second-order valence-corrected chi connectivity index (χ2v) is 3.81. The summed E-state index contributed by atoms with van der Waals surface area (Å²) in [5.74, 6) is 1.40. The van der Waals surface area contributed by atoms with Gasteiger partial charge in [0.2, 0.25) is 0 Å². The molecule has 1 rings (SSSR count). The molecule has 1 unspecified atom stereocenters. The van der Waals surface area contributed by atoms with Crippen LogP contribution in [0.25, 0.3) is 0 Å². The normalized spacial score (nSPS) is 12.9. The minimum Gasteiger partial charge on any atom is -0.464 e. The Kier molecular flexibility index (Phi) is 3.12. The lowest BCUT2D eigenvalue weighted by molar-refractivity contribution is 0.151. The van der Waals surface area contributed by atoms with Crippen molar-refractivity contribution in [3.05, 3.63) is 34.7 Å². The van der Waals surface area contributed by atoms with Gasteiger partial charge in [0.1, 0.15) is 17.6 Å². The number of rotatable bonds is 3. The standard InChI is InChI=1S/C9H11BrO2/c1-6(10)5-8(11)9-4-3-7(2)12-9/h3-4,8,11H,1,5H2,2H3. The van der Waals surface area contributed by atoms with Gasteiger partial charge in [0.15, 0.2) is 0 Å². The molecule has 0 fully saturated rings. The van der Waals surface area contributed by atoms with Crippen molar-refractivity contribution in [2.45, 2.75) is 19.4 Å². The Hall–Kier alpha value is -0.540. The zero-order chi connectivity index (χ0) is 9.14. The molecular formula is C9H11BrO2. The summed E-state index contributed by atoms with van der Waals surface area (Å²) >= 11 is 3.18. The summed E-state index contributed by atoms with van der Waals surface area (Å²) in [5, 5.41) is 9.52. The number of furan rings is 1. The third-order valence-corrected chi connectivity index (χ3v) is 1.83. The molecule has 1 atom stereocenters. The molecule has 2 nitrogen and oxygen atoms in total. The van der Waals surface area contributed by atoms with E-state index in [4.69, 9.17) is 4.42 Å². The molecule has 1 aromatic heterocycles. The molecule has 66 valence electrons. The molecule has 12 heavy (non-hydrogen) atoms. The zero-order valence-electron chi connectivity index (χ0n) is 6.88. The Morgan fingerprint density at radius 2 is 2.42 bits per heavy atom. The summed E-state index contributed by atoms with van der Waals surface area (Å²) in [7, 11) is 0.